The first-order valence-electron chi connectivity index (χ1n) is 20.1. The molecule has 0 fully saturated rings. The van der Waals surface area contributed by atoms with Crippen molar-refractivity contribution in [1.29, 1.82) is 0 Å². The van der Waals surface area contributed by atoms with Crippen molar-refractivity contribution < 1.29 is 19.1 Å². The van der Waals surface area contributed by atoms with Gasteiger partial charge in [-0.25, -0.2) is 9.59 Å². The molecule has 9 aromatic rings. The SMILES string of the molecule is C=Cc1ccc(C(=O)OC2c3cc(-c4ccc5c6c(cccc46)C(OC(=O)c4ccc(C=C)c6ccccc46)c4ccccc4-5)ccc3-c3cccc4cccc2c34)cc1. The average molecular weight is 773 g/mol. The summed E-state index contributed by atoms with van der Waals surface area (Å²) in [6.45, 7) is 7.83. The van der Waals surface area contributed by atoms with Crippen LogP contribution in [0.1, 0.15) is 66.3 Å². The van der Waals surface area contributed by atoms with E-state index in [0.29, 0.717) is 11.1 Å². The molecule has 0 saturated carbocycles. The lowest BCUT2D eigenvalue weighted by molar-refractivity contribution is 0.0372. The van der Waals surface area contributed by atoms with Gasteiger partial charge in [0.25, 0.3) is 0 Å². The summed E-state index contributed by atoms with van der Waals surface area (Å²) in [6, 6.07) is 56.8. The Morgan fingerprint density at radius 3 is 1.87 bits per heavy atom. The second-order valence-corrected chi connectivity index (χ2v) is 15.4. The van der Waals surface area contributed by atoms with Crippen molar-refractivity contribution in [3.8, 4) is 33.4 Å². The van der Waals surface area contributed by atoms with E-state index in [9.17, 15) is 9.59 Å². The van der Waals surface area contributed by atoms with E-state index in [1.165, 1.54) is 0 Å². The Kier molecular flexibility index (Phi) is 8.21. The smallest absolute Gasteiger partial charge is 0.339 e. The summed E-state index contributed by atoms with van der Waals surface area (Å²) in [5.74, 6) is -0.783. The Morgan fingerprint density at radius 2 is 1.05 bits per heavy atom. The lowest BCUT2D eigenvalue weighted by Crippen LogP contribution is -2.17. The number of carbonyl (C=O) groups is 2. The van der Waals surface area contributed by atoms with E-state index in [4.69, 9.17) is 9.47 Å². The van der Waals surface area contributed by atoms with Gasteiger partial charge in [0.1, 0.15) is 0 Å². The van der Waals surface area contributed by atoms with E-state index in [0.717, 1.165) is 99.1 Å². The summed E-state index contributed by atoms with van der Waals surface area (Å²) >= 11 is 0. The number of ether oxygens (including phenoxy) is 2. The highest BCUT2D eigenvalue weighted by atomic mass is 16.5. The molecule has 0 radical (unpaired) electrons. The molecule has 2 aliphatic rings. The first-order valence-corrected chi connectivity index (χ1v) is 20.1. The van der Waals surface area contributed by atoms with Crippen molar-refractivity contribution in [2.75, 3.05) is 0 Å². The fourth-order valence-electron chi connectivity index (χ4n) is 9.47. The summed E-state index contributed by atoms with van der Waals surface area (Å²) in [7, 11) is 0. The van der Waals surface area contributed by atoms with Crippen LogP contribution in [-0.4, -0.2) is 11.9 Å². The molecule has 60 heavy (non-hydrogen) atoms. The zero-order valence-corrected chi connectivity index (χ0v) is 32.5. The molecule has 284 valence electrons. The van der Waals surface area contributed by atoms with E-state index >= 15 is 0 Å². The van der Waals surface area contributed by atoms with E-state index in [1.54, 1.807) is 18.2 Å². The van der Waals surface area contributed by atoms with Gasteiger partial charge in [0.05, 0.1) is 11.1 Å². The molecule has 4 heteroatoms. The third-order valence-corrected chi connectivity index (χ3v) is 12.3. The number of carbonyl (C=O) groups excluding carboxylic acids is 2. The molecule has 0 spiro atoms. The van der Waals surface area contributed by atoms with E-state index < -0.39 is 18.2 Å². The van der Waals surface area contributed by atoms with Gasteiger partial charge in [-0.1, -0.05) is 171 Å². The molecule has 0 aliphatic heterocycles. The van der Waals surface area contributed by atoms with Gasteiger partial charge in [0, 0.05) is 22.3 Å². The van der Waals surface area contributed by atoms with Gasteiger partial charge in [-0.05, 0) is 101 Å². The Labute approximate surface area is 347 Å². The Bertz CT molecular complexity index is 3290. The highest BCUT2D eigenvalue weighted by Crippen LogP contribution is 2.51. The van der Waals surface area contributed by atoms with Crippen LogP contribution in [0.25, 0.3) is 77.9 Å². The van der Waals surface area contributed by atoms with Crippen molar-refractivity contribution in [3.63, 3.8) is 0 Å². The van der Waals surface area contributed by atoms with Crippen molar-refractivity contribution >= 4 is 56.4 Å². The number of hydrogen-bond donors (Lipinski definition) is 0. The Balaban J connectivity index is 1.05. The summed E-state index contributed by atoms with van der Waals surface area (Å²) in [6.07, 6.45) is 2.28. The van der Waals surface area contributed by atoms with E-state index in [-0.39, 0.29) is 5.97 Å². The lowest BCUT2D eigenvalue weighted by atomic mass is 9.78. The minimum atomic E-state index is -0.641. The second-order valence-electron chi connectivity index (χ2n) is 15.4. The molecule has 0 amide bonds. The minimum Gasteiger partial charge on any atom is -0.449 e. The van der Waals surface area contributed by atoms with Crippen LogP contribution in [0.2, 0.25) is 0 Å². The maximum absolute atomic E-state index is 14.3. The average Bonchev–Trinajstić information content (AvgIpc) is 3.30. The Hall–Kier alpha value is -7.82. The van der Waals surface area contributed by atoms with Gasteiger partial charge in [-0.15, -0.1) is 0 Å². The van der Waals surface area contributed by atoms with Crippen LogP contribution in [0, 0.1) is 0 Å². The number of rotatable bonds is 7. The molecule has 0 aromatic heterocycles. The van der Waals surface area contributed by atoms with Gasteiger partial charge in [0.15, 0.2) is 12.2 Å². The molecule has 9 aromatic carbocycles. The lowest BCUT2D eigenvalue weighted by Gasteiger charge is -2.30. The van der Waals surface area contributed by atoms with Crippen molar-refractivity contribution in [3.05, 3.63) is 228 Å². The van der Waals surface area contributed by atoms with Crippen LogP contribution in [0.5, 0.6) is 0 Å². The summed E-state index contributed by atoms with van der Waals surface area (Å²) < 4.78 is 13.1. The molecule has 11 rings (SSSR count). The zero-order valence-electron chi connectivity index (χ0n) is 32.5. The van der Waals surface area contributed by atoms with Crippen molar-refractivity contribution in [2.45, 2.75) is 12.2 Å². The second kappa shape index (κ2) is 13.9. The van der Waals surface area contributed by atoms with E-state index in [2.05, 4.69) is 98.1 Å². The molecule has 0 heterocycles. The third-order valence-electron chi connectivity index (χ3n) is 12.3. The maximum atomic E-state index is 14.3. The van der Waals surface area contributed by atoms with E-state index in [1.807, 2.05) is 78.9 Å². The van der Waals surface area contributed by atoms with Crippen LogP contribution in [0.15, 0.2) is 183 Å². The minimum absolute atomic E-state index is 0.388. The van der Waals surface area contributed by atoms with Crippen LogP contribution in [-0.2, 0) is 9.47 Å². The zero-order chi connectivity index (χ0) is 40.5. The number of fused-ring (bicyclic) bond motifs is 5. The molecule has 2 atom stereocenters. The predicted molar refractivity (Wildman–Crippen MR) is 243 cm³/mol. The molecule has 2 unspecified atom stereocenters. The fourth-order valence-corrected chi connectivity index (χ4v) is 9.47. The van der Waals surface area contributed by atoms with Crippen LogP contribution in [0.3, 0.4) is 0 Å². The number of esters is 2. The number of benzene rings is 9. The monoisotopic (exact) mass is 772 g/mol. The van der Waals surface area contributed by atoms with Crippen LogP contribution in [0.4, 0.5) is 0 Å². The fraction of sp³-hybridized carbons (Fsp3) is 0.0357. The summed E-state index contributed by atoms with van der Waals surface area (Å²) in [4.78, 5) is 28.2. The largest absolute Gasteiger partial charge is 0.449 e. The van der Waals surface area contributed by atoms with Gasteiger partial charge in [-0.3, -0.25) is 0 Å². The van der Waals surface area contributed by atoms with Crippen LogP contribution >= 0.6 is 0 Å². The first-order chi connectivity index (χ1) is 29.5. The molecular weight excluding hydrogens is 737 g/mol. The molecule has 2 aliphatic carbocycles. The molecule has 0 saturated heterocycles. The standard InChI is InChI=1S/C56H36O4/c1-3-33-22-24-36(25-23-33)55(57)59-54-48-20-10-13-35-12-9-18-44(51(35)48)42-28-27-37(32-50(42)54)39-30-31-45-41-16-7-8-17-46(41)53(49-21-11-19-43(39)52(45)49)60-56(58)47-29-26-34(4-2)38-14-5-6-15-40(38)47/h3-32,53-54H,1-2H2. The van der Waals surface area contributed by atoms with Crippen molar-refractivity contribution in [1.82, 2.24) is 0 Å². The maximum Gasteiger partial charge on any atom is 0.339 e. The molecule has 0 N–H and O–H groups in total. The normalized spacial score (nSPS) is 14.6. The van der Waals surface area contributed by atoms with Crippen LogP contribution < -0.4 is 0 Å². The van der Waals surface area contributed by atoms with Gasteiger partial charge >= 0.3 is 11.9 Å². The van der Waals surface area contributed by atoms with Gasteiger partial charge in [0.2, 0.25) is 0 Å². The van der Waals surface area contributed by atoms with Crippen molar-refractivity contribution in [2.24, 2.45) is 0 Å². The Morgan fingerprint density at radius 1 is 0.450 bits per heavy atom. The third kappa shape index (κ3) is 5.45. The summed E-state index contributed by atoms with van der Waals surface area (Å²) in [5, 5.41) is 6.04. The quantitative estimate of drug-likeness (QED) is 0.151. The van der Waals surface area contributed by atoms with Gasteiger partial charge < -0.3 is 9.47 Å². The summed E-state index contributed by atoms with van der Waals surface area (Å²) in [5.41, 5.74) is 12.9. The predicted octanol–water partition coefficient (Wildman–Crippen LogP) is 14.0. The highest BCUT2D eigenvalue weighted by Gasteiger charge is 2.33. The molecule has 4 nitrogen and oxygen atoms in total. The van der Waals surface area contributed by atoms with Gasteiger partial charge in [-0.2, -0.15) is 0 Å². The molecule has 0 bridgehead atoms. The topological polar surface area (TPSA) is 52.6 Å². The highest BCUT2D eigenvalue weighted by molar-refractivity contribution is 6.11. The first kappa shape index (κ1) is 35.4. The molecular formula is C56H36O4. The number of hydrogen-bond acceptors (Lipinski definition) is 4.